The Morgan fingerprint density at radius 3 is 3.05 bits per heavy atom. The topological polar surface area (TPSA) is 60.5 Å². The van der Waals surface area contributed by atoms with E-state index in [0.29, 0.717) is 23.6 Å². The van der Waals surface area contributed by atoms with Gasteiger partial charge in [-0.15, -0.1) is 11.3 Å². The van der Waals surface area contributed by atoms with Gasteiger partial charge in [-0.3, -0.25) is 4.79 Å². The number of nitrogens with one attached hydrogen (secondary N) is 1. The van der Waals surface area contributed by atoms with Gasteiger partial charge in [0, 0.05) is 10.9 Å². The third-order valence-electron chi connectivity index (χ3n) is 2.73. The molecule has 2 aromatic rings. The van der Waals surface area contributed by atoms with Crippen molar-refractivity contribution in [3.05, 3.63) is 39.8 Å². The summed E-state index contributed by atoms with van der Waals surface area (Å²) in [5.74, 6) is 1.13. The molecule has 19 heavy (non-hydrogen) atoms. The van der Waals surface area contributed by atoms with Gasteiger partial charge in [0.2, 0.25) is 6.79 Å². The van der Waals surface area contributed by atoms with Crippen molar-refractivity contribution >= 4 is 17.2 Å². The Morgan fingerprint density at radius 1 is 1.42 bits per heavy atom. The van der Waals surface area contributed by atoms with Crippen LogP contribution in [0.5, 0.6) is 11.5 Å². The van der Waals surface area contributed by atoms with Crippen molar-refractivity contribution in [2.75, 3.05) is 6.79 Å². The minimum Gasteiger partial charge on any atom is -0.454 e. The molecule has 6 heteroatoms. The Balaban J connectivity index is 1.67. The standard InChI is InChI=1S/C13H12N2O3S/c1-8-15-10(6-19-8)5-14-13(16)9-2-3-11-12(4-9)18-7-17-11/h2-4,6H,5,7H2,1H3,(H,14,16). The summed E-state index contributed by atoms with van der Waals surface area (Å²) in [6.07, 6.45) is 0. The van der Waals surface area contributed by atoms with Crippen LogP contribution in [-0.2, 0) is 6.54 Å². The molecule has 1 aliphatic heterocycles. The van der Waals surface area contributed by atoms with Crippen molar-refractivity contribution in [2.24, 2.45) is 0 Å². The molecular weight excluding hydrogens is 264 g/mol. The first-order valence-electron chi connectivity index (χ1n) is 5.81. The predicted octanol–water partition coefficient (Wildman–Crippen LogP) is 2.11. The highest BCUT2D eigenvalue weighted by molar-refractivity contribution is 7.09. The summed E-state index contributed by atoms with van der Waals surface area (Å²) in [7, 11) is 0. The van der Waals surface area contributed by atoms with Gasteiger partial charge >= 0.3 is 0 Å². The maximum atomic E-state index is 12.0. The van der Waals surface area contributed by atoms with E-state index in [1.165, 1.54) is 0 Å². The molecule has 0 spiro atoms. The second-order valence-electron chi connectivity index (χ2n) is 4.11. The fourth-order valence-electron chi connectivity index (χ4n) is 1.80. The van der Waals surface area contributed by atoms with Gasteiger partial charge in [0.1, 0.15) is 0 Å². The zero-order valence-corrected chi connectivity index (χ0v) is 11.1. The molecule has 1 aromatic heterocycles. The summed E-state index contributed by atoms with van der Waals surface area (Å²) in [5.41, 5.74) is 1.42. The van der Waals surface area contributed by atoms with Crippen LogP contribution >= 0.6 is 11.3 Å². The molecule has 0 atom stereocenters. The molecule has 1 N–H and O–H groups in total. The highest BCUT2D eigenvalue weighted by Crippen LogP contribution is 2.32. The monoisotopic (exact) mass is 276 g/mol. The van der Waals surface area contributed by atoms with Crippen molar-refractivity contribution in [1.82, 2.24) is 10.3 Å². The largest absolute Gasteiger partial charge is 0.454 e. The highest BCUT2D eigenvalue weighted by atomic mass is 32.1. The van der Waals surface area contributed by atoms with Gasteiger partial charge in [0.25, 0.3) is 5.91 Å². The Bertz CT molecular complexity index is 624. The van der Waals surface area contributed by atoms with Crippen LogP contribution in [0, 0.1) is 6.92 Å². The summed E-state index contributed by atoms with van der Waals surface area (Å²) in [6, 6.07) is 5.14. The Labute approximate surface area is 114 Å². The van der Waals surface area contributed by atoms with E-state index in [-0.39, 0.29) is 12.7 Å². The lowest BCUT2D eigenvalue weighted by Crippen LogP contribution is -2.22. The van der Waals surface area contributed by atoms with E-state index in [4.69, 9.17) is 9.47 Å². The van der Waals surface area contributed by atoms with E-state index in [1.54, 1.807) is 29.5 Å². The van der Waals surface area contributed by atoms with Crippen LogP contribution in [0.1, 0.15) is 21.1 Å². The molecule has 0 saturated heterocycles. The van der Waals surface area contributed by atoms with Crippen LogP contribution in [0.4, 0.5) is 0 Å². The second-order valence-corrected chi connectivity index (χ2v) is 5.17. The van der Waals surface area contributed by atoms with Gasteiger partial charge in [-0.05, 0) is 25.1 Å². The molecule has 1 aliphatic rings. The quantitative estimate of drug-likeness (QED) is 0.932. The molecule has 0 unspecified atom stereocenters. The van der Waals surface area contributed by atoms with Crippen LogP contribution in [0.3, 0.4) is 0 Å². The van der Waals surface area contributed by atoms with Crippen LogP contribution in [-0.4, -0.2) is 17.7 Å². The van der Waals surface area contributed by atoms with Gasteiger partial charge < -0.3 is 14.8 Å². The van der Waals surface area contributed by atoms with Gasteiger partial charge in [-0.2, -0.15) is 0 Å². The second kappa shape index (κ2) is 4.89. The first-order valence-corrected chi connectivity index (χ1v) is 6.69. The van der Waals surface area contributed by atoms with Crippen LogP contribution in [0.2, 0.25) is 0 Å². The first kappa shape index (κ1) is 12.0. The fourth-order valence-corrected chi connectivity index (χ4v) is 2.41. The lowest BCUT2D eigenvalue weighted by molar-refractivity contribution is 0.0950. The van der Waals surface area contributed by atoms with E-state index in [0.717, 1.165) is 10.7 Å². The molecule has 0 fully saturated rings. The molecule has 2 heterocycles. The zero-order valence-electron chi connectivity index (χ0n) is 10.3. The van der Waals surface area contributed by atoms with Crippen molar-refractivity contribution in [3.8, 4) is 11.5 Å². The molecule has 98 valence electrons. The molecule has 1 amide bonds. The molecule has 0 bridgehead atoms. The average molecular weight is 276 g/mol. The third kappa shape index (κ3) is 2.53. The Hall–Kier alpha value is -2.08. The number of carbonyl (C=O) groups excluding carboxylic acids is 1. The van der Waals surface area contributed by atoms with E-state index in [9.17, 15) is 4.79 Å². The van der Waals surface area contributed by atoms with Gasteiger partial charge in [-0.25, -0.2) is 4.98 Å². The number of hydrogen-bond donors (Lipinski definition) is 1. The van der Waals surface area contributed by atoms with Crippen molar-refractivity contribution in [3.63, 3.8) is 0 Å². The van der Waals surface area contributed by atoms with E-state index < -0.39 is 0 Å². The zero-order chi connectivity index (χ0) is 13.2. The Kier molecular flexibility index (Phi) is 3.08. The smallest absolute Gasteiger partial charge is 0.251 e. The van der Waals surface area contributed by atoms with Crippen molar-refractivity contribution < 1.29 is 14.3 Å². The summed E-state index contributed by atoms with van der Waals surface area (Å²) in [6.45, 7) is 2.57. The van der Waals surface area contributed by atoms with Crippen molar-refractivity contribution in [2.45, 2.75) is 13.5 Å². The normalized spacial score (nSPS) is 12.5. The van der Waals surface area contributed by atoms with Crippen LogP contribution in [0.15, 0.2) is 23.6 Å². The highest BCUT2D eigenvalue weighted by Gasteiger charge is 2.16. The van der Waals surface area contributed by atoms with E-state index in [2.05, 4.69) is 10.3 Å². The number of carbonyl (C=O) groups is 1. The van der Waals surface area contributed by atoms with Crippen LogP contribution < -0.4 is 14.8 Å². The number of rotatable bonds is 3. The molecule has 0 saturated carbocycles. The van der Waals surface area contributed by atoms with E-state index in [1.807, 2.05) is 12.3 Å². The number of thiazole rings is 1. The minimum atomic E-state index is -0.149. The fraction of sp³-hybridized carbons (Fsp3) is 0.231. The molecule has 3 rings (SSSR count). The van der Waals surface area contributed by atoms with Gasteiger partial charge in [0.15, 0.2) is 11.5 Å². The number of benzene rings is 1. The number of ether oxygens (including phenoxy) is 2. The van der Waals surface area contributed by atoms with E-state index >= 15 is 0 Å². The first-order chi connectivity index (χ1) is 9.22. The molecular formula is C13H12N2O3S. The number of amides is 1. The van der Waals surface area contributed by atoms with Crippen LogP contribution in [0.25, 0.3) is 0 Å². The predicted molar refractivity (Wildman–Crippen MR) is 70.6 cm³/mol. The summed E-state index contributed by atoms with van der Waals surface area (Å²) >= 11 is 1.57. The maximum Gasteiger partial charge on any atom is 0.251 e. The third-order valence-corrected chi connectivity index (χ3v) is 3.55. The summed E-state index contributed by atoms with van der Waals surface area (Å²) in [5, 5.41) is 5.76. The molecule has 1 aromatic carbocycles. The molecule has 5 nitrogen and oxygen atoms in total. The van der Waals surface area contributed by atoms with Crippen molar-refractivity contribution in [1.29, 1.82) is 0 Å². The number of hydrogen-bond acceptors (Lipinski definition) is 5. The lowest BCUT2D eigenvalue weighted by Gasteiger charge is -2.04. The van der Waals surface area contributed by atoms with Gasteiger partial charge in [-0.1, -0.05) is 0 Å². The maximum absolute atomic E-state index is 12.0. The summed E-state index contributed by atoms with van der Waals surface area (Å²) < 4.78 is 10.4. The SMILES string of the molecule is Cc1nc(CNC(=O)c2ccc3c(c2)OCO3)cs1. The minimum absolute atomic E-state index is 0.149. The number of aryl methyl sites for hydroxylation is 1. The number of nitrogens with zero attached hydrogens (tertiary/aromatic N) is 1. The molecule has 0 aliphatic carbocycles. The lowest BCUT2D eigenvalue weighted by atomic mass is 10.2. The number of fused-ring (bicyclic) bond motifs is 1. The average Bonchev–Trinajstić information content (AvgIpc) is 3.03. The molecule has 0 radical (unpaired) electrons. The summed E-state index contributed by atoms with van der Waals surface area (Å²) in [4.78, 5) is 16.3. The van der Waals surface area contributed by atoms with Gasteiger partial charge in [0.05, 0.1) is 17.2 Å². The Morgan fingerprint density at radius 2 is 2.26 bits per heavy atom. The number of aromatic nitrogens is 1.